The molecule has 0 aliphatic carbocycles. The van der Waals surface area contributed by atoms with Gasteiger partial charge in [-0.25, -0.2) is 0 Å². The number of ether oxygens (including phenoxy) is 1. The minimum absolute atomic E-state index is 0.0171. The maximum atomic E-state index is 12.0. The van der Waals surface area contributed by atoms with E-state index >= 15 is 0 Å². The molecule has 22 heavy (non-hydrogen) atoms. The quantitative estimate of drug-likeness (QED) is 0.437. The van der Waals surface area contributed by atoms with Crippen molar-refractivity contribution in [1.82, 2.24) is 5.32 Å². The Hall–Kier alpha value is -2.19. The second kappa shape index (κ2) is 9.69. The van der Waals surface area contributed by atoms with Gasteiger partial charge in [0.15, 0.2) is 0 Å². The number of methoxy groups -OCH3 is 1. The number of hydrogen-bond donors (Lipinski definition) is 2. The molecule has 0 fully saturated rings. The number of benzene rings is 1. The van der Waals surface area contributed by atoms with E-state index in [0.29, 0.717) is 16.5 Å². The normalized spacial score (nSPS) is 10.7. The number of carbonyl (C=O) groups is 1. The fraction of sp³-hybridized carbons (Fsp3) is 0.375. The number of anilines is 1. The summed E-state index contributed by atoms with van der Waals surface area (Å²) in [7, 11) is 1.51. The summed E-state index contributed by atoms with van der Waals surface area (Å²) in [4.78, 5) is 12.0. The molecular weight excluding hydrogens is 302 g/mol. The summed E-state index contributed by atoms with van der Waals surface area (Å²) < 4.78 is 5.04. The van der Waals surface area contributed by atoms with E-state index in [9.17, 15) is 4.79 Å². The van der Waals surface area contributed by atoms with E-state index in [-0.39, 0.29) is 5.57 Å². The lowest BCUT2D eigenvalue weighted by Gasteiger charge is -2.08. The monoisotopic (exact) mass is 321 g/mol. The van der Waals surface area contributed by atoms with Crippen molar-refractivity contribution in [2.45, 2.75) is 26.2 Å². The fourth-order valence-electron chi connectivity index (χ4n) is 1.74. The number of nitrogens with one attached hydrogen (secondary N) is 2. The molecule has 0 unspecified atom stereocenters. The first-order chi connectivity index (χ1) is 10.6. The van der Waals surface area contributed by atoms with Crippen LogP contribution in [0, 0.1) is 11.3 Å². The van der Waals surface area contributed by atoms with Crippen molar-refractivity contribution in [3.05, 3.63) is 35.0 Å². The van der Waals surface area contributed by atoms with E-state index in [1.54, 1.807) is 18.2 Å². The molecule has 0 aliphatic rings. The molecule has 118 valence electrons. The third-order valence-electron chi connectivity index (χ3n) is 2.95. The molecule has 2 N–H and O–H groups in total. The van der Waals surface area contributed by atoms with Crippen molar-refractivity contribution in [1.29, 1.82) is 5.26 Å². The van der Waals surface area contributed by atoms with Crippen LogP contribution in [0.5, 0.6) is 5.75 Å². The second-order valence-electron chi connectivity index (χ2n) is 4.63. The topological polar surface area (TPSA) is 74.2 Å². The highest BCUT2D eigenvalue weighted by Crippen LogP contribution is 2.27. The van der Waals surface area contributed by atoms with E-state index in [2.05, 4.69) is 17.6 Å². The van der Waals surface area contributed by atoms with Crippen LogP contribution in [0.2, 0.25) is 5.02 Å². The van der Waals surface area contributed by atoms with Gasteiger partial charge in [-0.2, -0.15) is 5.26 Å². The summed E-state index contributed by atoms with van der Waals surface area (Å²) in [5.41, 5.74) is 0.520. The lowest BCUT2D eigenvalue weighted by molar-refractivity contribution is -0.112. The third kappa shape index (κ3) is 5.66. The van der Waals surface area contributed by atoms with Gasteiger partial charge < -0.3 is 15.4 Å². The Labute approximate surface area is 135 Å². The standard InChI is InChI=1S/C16H20ClN3O2/c1-3-4-5-8-19-11-12(10-18)16(21)20-13-6-7-15(22-2)14(17)9-13/h6-7,9,11,19H,3-5,8H2,1-2H3,(H,20,21)/b12-11-. The van der Waals surface area contributed by atoms with Crippen molar-refractivity contribution >= 4 is 23.2 Å². The summed E-state index contributed by atoms with van der Waals surface area (Å²) in [6.07, 6.45) is 4.67. The third-order valence-corrected chi connectivity index (χ3v) is 3.24. The summed E-state index contributed by atoms with van der Waals surface area (Å²) in [5.74, 6) is 0.0417. The number of hydrogen-bond acceptors (Lipinski definition) is 4. The predicted molar refractivity (Wildman–Crippen MR) is 87.9 cm³/mol. The molecule has 0 aromatic heterocycles. The number of nitrogens with zero attached hydrogens (tertiary/aromatic N) is 1. The Morgan fingerprint density at radius 2 is 2.23 bits per heavy atom. The molecule has 0 spiro atoms. The lowest BCUT2D eigenvalue weighted by atomic mass is 10.2. The Balaban J connectivity index is 2.63. The summed E-state index contributed by atoms with van der Waals surface area (Å²) >= 11 is 5.99. The van der Waals surface area contributed by atoms with E-state index in [1.807, 2.05) is 6.07 Å². The van der Waals surface area contributed by atoms with Gasteiger partial charge in [0.05, 0.1) is 12.1 Å². The van der Waals surface area contributed by atoms with E-state index < -0.39 is 5.91 Å². The number of halogens is 1. The van der Waals surface area contributed by atoms with Crippen molar-refractivity contribution in [2.75, 3.05) is 19.0 Å². The van der Waals surface area contributed by atoms with Crippen LogP contribution >= 0.6 is 11.6 Å². The van der Waals surface area contributed by atoms with Crippen LogP contribution in [-0.4, -0.2) is 19.6 Å². The number of nitriles is 1. The maximum Gasteiger partial charge on any atom is 0.267 e. The van der Waals surface area contributed by atoms with Gasteiger partial charge in [-0.3, -0.25) is 4.79 Å². The molecule has 0 aliphatic heterocycles. The van der Waals surface area contributed by atoms with Crippen LogP contribution in [0.3, 0.4) is 0 Å². The van der Waals surface area contributed by atoms with Gasteiger partial charge in [-0.05, 0) is 24.6 Å². The summed E-state index contributed by atoms with van der Waals surface area (Å²) in [6, 6.07) is 6.76. The minimum atomic E-state index is -0.480. The highest BCUT2D eigenvalue weighted by atomic mass is 35.5. The molecule has 0 heterocycles. The largest absolute Gasteiger partial charge is 0.495 e. The Bertz CT molecular complexity index is 579. The first-order valence-electron chi connectivity index (χ1n) is 7.11. The van der Waals surface area contributed by atoms with Gasteiger partial charge in [0.25, 0.3) is 5.91 Å². The molecule has 1 aromatic rings. The molecule has 1 amide bonds. The van der Waals surface area contributed by atoms with E-state index in [4.69, 9.17) is 21.6 Å². The van der Waals surface area contributed by atoms with Crippen LogP contribution in [0.25, 0.3) is 0 Å². The van der Waals surface area contributed by atoms with Gasteiger partial charge in [-0.15, -0.1) is 0 Å². The van der Waals surface area contributed by atoms with Crippen molar-refractivity contribution in [3.8, 4) is 11.8 Å². The predicted octanol–water partition coefficient (Wildman–Crippen LogP) is 3.47. The molecule has 0 radical (unpaired) electrons. The van der Waals surface area contributed by atoms with E-state index in [0.717, 1.165) is 25.8 Å². The molecule has 1 rings (SSSR count). The Kier molecular flexibility index (Phi) is 7.87. The van der Waals surface area contributed by atoms with Crippen LogP contribution in [0.4, 0.5) is 5.69 Å². The molecule has 0 saturated carbocycles. The molecule has 5 nitrogen and oxygen atoms in total. The molecule has 0 saturated heterocycles. The van der Waals surface area contributed by atoms with Crippen molar-refractivity contribution in [3.63, 3.8) is 0 Å². The Morgan fingerprint density at radius 3 is 2.82 bits per heavy atom. The van der Waals surface area contributed by atoms with Crippen molar-refractivity contribution < 1.29 is 9.53 Å². The SMILES string of the molecule is CCCCCN/C=C(/C#N)C(=O)Nc1ccc(OC)c(Cl)c1. The fourth-order valence-corrected chi connectivity index (χ4v) is 2.00. The number of unbranched alkanes of at least 4 members (excludes halogenated alkanes) is 2. The highest BCUT2D eigenvalue weighted by Gasteiger charge is 2.10. The molecule has 1 aromatic carbocycles. The zero-order valence-corrected chi connectivity index (χ0v) is 13.5. The van der Waals surface area contributed by atoms with Crippen LogP contribution in [0.15, 0.2) is 30.0 Å². The minimum Gasteiger partial charge on any atom is -0.495 e. The first-order valence-corrected chi connectivity index (χ1v) is 7.48. The number of rotatable bonds is 8. The van der Waals surface area contributed by atoms with Gasteiger partial charge in [0.1, 0.15) is 17.4 Å². The van der Waals surface area contributed by atoms with Gasteiger partial charge in [0.2, 0.25) is 0 Å². The summed E-state index contributed by atoms with van der Waals surface area (Å²) in [5, 5.41) is 15.0. The smallest absolute Gasteiger partial charge is 0.267 e. The van der Waals surface area contributed by atoms with Gasteiger partial charge >= 0.3 is 0 Å². The molecule has 6 heteroatoms. The molecule has 0 atom stereocenters. The zero-order chi connectivity index (χ0) is 16.4. The lowest BCUT2D eigenvalue weighted by Crippen LogP contribution is -2.17. The van der Waals surface area contributed by atoms with Crippen LogP contribution in [-0.2, 0) is 4.79 Å². The number of amides is 1. The average molecular weight is 322 g/mol. The van der Waals surface area contributed by atoms with Gasteiger partial charge in [-0.1, -0.05) is 31.4 Å². The molecule has 0 bridgehead atoms. The number of carbonyl (C=O) groups excluding carboxylic acids is 1. The Morgan fingerprint density at radius 1 is 1.45 bits per heavy atom. The summed E-state index contributed by atoms with van der Waals surface area (Å²) in [6.45, 7) is 2.85. The van der Waals surface area contributed by atoms with Crippen LogP contribution < -0.4 is 15.4 Å². The second-order valence-corrected chi connectivity index (χ2v) is 5.04. The van der Waals surface area contributed by atoms with E-state index in [1.165, 1.54) is 13.3 Å². The van der Waals surface area contributed by atoms with Gasteiger partial charge in [0, 0.05) is 18.4 Å². The van der Waals surface area contributed by atoms with Crippen LogP contribution in [0.1, 0.15) is 26.2 Å². The highest BCUT2D eigenvalue weighted by molar-refractivity contribution is 6.32. The van der Waals surface area contributed by atoms with Crippen molar-refractivity contribution in [2.24, 2.45) is 0 Å². The maximum absolute atomic E-state index is 12.0. The average Bonchev–Trinajstić information content (AvgIpc) is 2.51. The zero-order valence-electron chi connectivity index (χ0n) is 12.8. The molecular formula is C16H20ClN3O2. The first kappa shape index (κ1) is 17.9.